The van der Waals surface area contributed by atoms with E-state index in [1.165, 1.54) is 24.1 Å². The number of amides is 1. The van der Waals surface area contributed by atoms with Crippen LogP contribution in [0.15, 0.2) is 18.2 Å². The van der Waals surface area contributed by atoms with Gasteiger partial charge in [0.05, 0.1) is 19.4 Å². The first-order valence-electron chi connectivity index (χ1n) is 9.85. The molecule has 0 unspecified atom stereocenters. The number of carbonyl (C=O) groups is 1. The van der Waals surface area contributed by atoms with Gasteiger partial charge in [0.1, 0.15) is 0 Å². The molecule has 0 bridgehead atoms. The molecule has 0 spiro atoms. The quantitative estimate of drug-likeness (QED) is 0.821. The second-order valence-corrected chi connectivity index (χ2v) is 7.47. The molecule has 1 aliphatic carbocycles. The first-order chi connectivity index (χ1) is 13.2. The number of aryl methyl sites for hydroxylation is 2. The van der Waals surface area contributed by atoms with Gasteiger partial charge in [0.15, 0.2) is 11.5 Å². The molecular formula is C21H27N3O3. The van der Waals surface area contributed by atoms with E-state index in [4.69, 9.17) is 9.47 Å². The Balaban J connectivity index is 1.26. The molecule has 0 radical (unpaired) electrons. The van der Waals surface area contributed by atoms with Gasteiger partial charge in [0, 0.05) is 31.0 Å². The van der Waals surface area contributed by atoms with E-state index in [1.54, 1.807) is 7.11 Å². The van der Waals surface area contributed by atoms with Crippen LogP contribution in [0.2, 0.25) is 0 Å². The zero-order valence-corrected chi connectivity index (χ0v) is 15.8. The second-order valence-electron chi connectivity index (χ2n) is 7.47. The molecule has 0 saturated heterocycles. The standard InChI is InChI=1S/C21H27N3O3/c1-26-19-8-4-5-15-11-14(13-27-21(15)19)12-22-20(25)10-9-18-16-6-2-3-7-17(16)23-24-18/h4-5,8,14H,2-3,6-7,9-13H2,1H3,(H,22,25)(H,23,24)/t14-/m1/s1. The highest BCUT2D eigenvalue weighted by molar-refractivity contribution is 5.76. The van der Waals surface area contributed by atoms with E-state index in [-0.39, 0.29) is 11.8 Å². The monoisotopic (exact) mass is 369 g/mol. The SMILES string of the molecule is COc1cccc2c1OC[C@@H](CNC(=O)CCc1n[nH]c3c1CCCC3)C2. The van der Waals surface area contributed by atoms with Crippen molar-refractivity contribution in [3.63, 3.8) is 0 Å². The maximum absolute atomic E-state index is 12.3. The molecule has 2 N–H and O–H groups in total. The molecule has 1 aromatic heterocycles. The number of nitrogens with one attached hydrogen (secondary N) is 2. The Hall–Kier alpha value is -2.50. The third-order valence-corrected chi connectivity index (χ3v) is 5.57. The lowest BCUT2D eigenvalue weighted by molar-refractivity contribution is -0.121. The summed E-state index contributed by atoms with van der Waals surface area (Å²) in [5, 5.41) is 10.6. The number of benzene rings is 1. The van der Waals surface area contributed by atoms with Crippen LogP contribution in [0.1, 0.15) is 41.8 Å². The van der Waals surface area contributed by atoms with Gasteiger partial charge < -0.3 is 14.8 Å². The zero-order chi connectivity index (χ0) is 18.6. The molecular weight excluding hydrogens is 342 g/mol. The lowest BCUT2D eigenvalue weighted by Crippen LogP contribution is -2.35. The van der Waals surface area contributed by atoms with Gasteiger partial charge in [-0.25, -0.2) is 0 Å². The molecule has 6 heteroatoms. The van der Waals surface area contributed by atoms with Crippen molar-refractivity contribution >= 4 is 5.91 Å². The van der Waals surface area contributed by atoms with E-state index in [0.29, 0.717) is 26.0 Å². The second kappa shape index (κ2) is 8.03. The number of nitrogens with zero attached hydrogens (tertiary/aromatic N) is 1. The summed E-state index contributed by atoms with van der Waals surface area (Å²) in [6.07, 6.45) is 6.70. The summed E-state index contributed by atoms with van der Waals surface area (Å²) in [4.78, 5) is 12.3. The van der Waals surface area contributed by atoms with Crippen molar-refractivity contribution in [1.82, 2.24) is 15.5 Å². The summed E-state index contributed by atoms with van der Waals surface area (Å²) < 4.78 is 11.2. The van der Waals surface area contributed by atoms with E-state index in [1.807, 2.05) is 12.1 Å². The van der Waals surface area contributed by atoms with Crippen LogP contribution in [0.4, 0.5) is 0 Å². The highest BCUT2D eigenvalue weighted by Crippen LogP contribution is 2.35. The number of carbonyl (C=O) groups excluding carboxylic acids is 1. The molecule has 0 fully saturated rings. The molecule has 0 saturated carbocycles. The average Bonchev–Trinajstić information content (AvgIpc) is 3.13. The fraction of sp³-hybridized carbons (Fsp3) is 0.524. The summed E-state index contributed by atoms with van der Waals surface area (Å²) in [5.41, 5.74) is 4.83. The first-order valence-corrected chi connectivity index (χ1v) is 9.85. The Morgan fingerprint density at radius 3 is 3.15 bits per heavy atom. The molecule has 144 valence electrons. The lowest BCUT2D eigenvalue weighted by Gasteiger charge is -2.26. The molecule has 1 aliphatic heterocycles. The number of methoxy groups -OCH3 is 1. The normalized spacial score (nSPS) is 18.2. The number of aromatic nitrogens is 2. The highest BCUT2D eigenvalue weighted by atomic mass is 16.5. The fourth-order valence-electron chi connectivity index (χ4n) is 4.08. The Morgan fingerprint density at radius 2 is 2.26 bits per heavy atom. The number of ether oxygens (including phenoxy) is 2. The predicted octanol–water partition coefficient (Wildman–Crippen LogP) is 2.60. The lowest BCUT2D eigenvalue weighted by atomic mass is 9.94. The Labute approximate surface area is 159 Å². The number of aromatic amines is 1. The maximum atomic E-state index is 12.3. The number of fused-ring (bicyclic) bond motifs is 2. The minimum atomic E-state index is 0.0824. The molecule has 1 amide bonds. The minimum Gasteiger partial charge on any atom is -0.493 e. The van der Waals surface area contributed by atoms with E-state index in [9.17, 15) is 4.79 Å². The van der Waals surface area contributed by atoms with Crippen molar-refractivity contribution in [2.75, 3.05) is 20.3 Å². The minimum absolute atomic E-state index is 0.0824. The Bertz CT molecular complexity index is 815. The van der Waals surface area contributed by atoms with Crippen LogP contribution >= 0.6 is 0 Å². The van der Waals surface area contributed by atoms with Crippen LogP contribution in [-0.4, -0.2) is 36.4 Å². The van der Waals surface area contributed by atoms with Gasteiger partial charge in [-0.05, 0) is 49.3 Å². The molecule has 2 aliphatic rings. The molecule has 6 nitrogen and oxygen atoms in total. The molecule has 2 aromatic rings. The van der Waals surface area contributed by atoms with Crippen molar-refractivity contribution in [3.8, 4) is 11.5 Å². The van der Waals surface area contributed by atoms with Crippen molar-refractivity contribution in [2.45, 2.75) is 44.9 Å². The van der Waals surface area contributed by atoms with Gasteiger partial charge in [-0.3, -0.25) is 9.89 Å². The molecule has 2 heterocycles. The van der Waals surface area contributed by atoms with Gasteiger partial charge in [-0.2, -0.15) is 5.10 Å². The van der Waals surface area contributed by atoms with Gasteiger partial charge in [0.2, 0.25) is 5.91 Å². The van der Waals surface area contributed by atoms with Crippen molar-refractivity contribution < 1.29 is 14.3 Å². The summed E-state index contributed by atoms with van der Waals surface area (Å²) in [7, 11) is 1.65. The van der Waals surface area contributed by atoms with E-state index in [2.05, 4.69) is 21.6 Å². The third kappa shape index (κ3) is 3.94. The van der Waals surface area contributed by atoms with Crippen molar-refractivity contribution in [2.24, 2.45) is 5.92 Å². The summed E-state index contributed by atoms with van der Waals surface area (Å²) in [6.45, 7) is 1.23. The molecule has 1 aromatic carbocycles. The van der Waals surface area contributed by atoms with Crippen LogP contribution in [0, 0.1) is 5.92 Å². The number of H-pyrrole nitrogens is 1. The fourth-order valence-corrected chi connectivity index (χ4v) is 4.08. The summed E-state index contributed by atoms with van der Waals surface area (Å²) >= 11 is 0. The zero-order valence-electron chi connectivity index (χ0n) is 15.8. The predicted molar refractivity (Wildman–Crippen MR) is 102 cm³/mol. The van der Waals surface area contributed by atoms with Crippen molar-refractivity contribution in [1.29, 1.82) is 0 Å². The number of hydrogen-bond acceptors (Lipinski definition) is 4. The smallest absolute Gasteiger partial charge is 0.220 e. The average molecular weight is 369 g/mol. The molecule has 27 heavy (non-hydrogen) atoms. The van der Waals surface area contributed by atoms with Crippen LogP contribution in [-0.2, 0) is 30.5 Å². The Morgan fingerprint density at radius 1 is 1.37 bits per heavy atom. The summed E-state index contributed by atoms with van der Waals surface area (Å²) in [5.74, 6) is 1.98. The topological polar surface area (TPSA) is 76.2 Å². The third-order valence-electron chi connectivity index (χ3n) is 5.57. The molecule has 1 atom stereocenters. The van der Waals surface area contributed by atoms with E-state index >= 15 is 0 Å². The Kier molecular flexibility index (Phi) is 5.32. The van der Waals surface area contributed by atoms with Crippen LogP contribution in [0.3, 0.4) is 0 Å². The maximum Gasteiger partial charge on any atom is 0.220 e. The first kappa shape index (κ1) is 17.9. The van der Waals surface area contributed by atoms with Crippen LogP contribution < -0.4 is 14.8 Å². The number of rotatable bonds is 6. The highest BCUT2D eigenvalue weighted by Gasteiger charge is 2.23. The van der Waals surface area contributed by atoms with Gasteiger partial charge in [-0.15, -0.1) is 0 Å². The van der Waals surface area contributed by atoms with Crippen LogP contribution in [0.5, 0.6) is 11.5 Å². The van der Waals surface area contributed by atoms with Gasteiger partial charge >= 0.3 is 0 Å². The largest absolute Gasteiger partial charge is 0.493 e. The van der Waals surface area contributed by atoms with Gasteiger partial charge in [-0.1, -0.05) is 12.1 Å². The van der Waals surface area contributed by atoms with E-state index < -0.39 is 0 Å². The van der Waals surface area contributed by atoms with Gasteiger partial charge in [0.25, 0.3) is 0 Å². The van der Waals surface area contributed by atoms with E-state index in [0.717, 1.165) is 42.0 Å². The van der Waals surface area contributed by atoms with Crippen LogP contribution in [0.25, 0.3) is 0 Å². The van der Waals surface area contributed by atoms with Crippen molar-refractivity contribution in [3.05, 3.63) is 40.7 Å². The number of para-hydroxylation sites is 1. The molecule has 4 rings (SSSR count). The number of hydrogen-bond donors (Lipinski definition) is 2. The summed E-state index contributed by atoms with van der Waals surface area (Å²) in [6, 6.07) is 5.95.